The molecule has 1 N–H and O–H groups in total. The number of anilines is 1. The molecule has 0 fully saturated rings. The van der Waals surface area contributed by atoms with Crippen molar-refractivity contribution in [2.24, 2.45) is 0 Å². The third kappa shape index (κ3) is 0.846. The first-order valence-corrected chi connectivity index (χ1v) is 4.45. The van der Waals surface area contributed by atoms with E-state index in [1.54, 1.807) is 0 Å². The average Bonchev–Trinajstić information content (AvgIpc) is 2.33. The zero-order chi connectivity index (χ0) is 6.10. The van der Waals surface area contributed by atoms with Crippen LogP contribution in [0.15, 0.2) is 24.3 Å². The van der Waals surface area contributed by atoms with E-state index in [4.69, 9.17) is 0 Å². The molecule has 0 saturated carbocycles. The van der Waals surface area contributed by atoms with Gasteiger partial charge >= 0.3 is 60.1 Å². The predicted molar refractivity (Wildman–Crippen MR) is 38.7 cm³/mol. The molecule has 0 atom stereocenters. The van der Waals surface area contributed by atoms with Crippen LogP contribution in [0.5, 0.6) is 0 Å². The quantitative estimate of drug-likeness (QED) is 0.574. The zero-order valence-corrected chi connectivity index (χ0v) is 6.43. The Kier molecular flexibility index (Phi) is 1.22. The fourth-order valence-corrected chi connectivity index (χ4v) is 2.15. The second kappa shape index (κ2) is 2.05. The van der Waals surface area contributed by atoms with Crippen molar-refractivity contribution in [2.45, 2.75) is 0 Å². The van der Waals surface area contributed by atoms with E-state index in [1.165, 1.54) is 10.1 Å². The monoisotopic (exact) mass is 183 g/mol. The van der Waals surface area contributed by atoms with E-state index in [9.17, 15) is 0 Å². The minimum absolute atomic E-state index is 0.441. The van der Waals surface area contributed by atoms with Crippen LogP contribution in [0.25, 0.3) is 0 Å². The molecule has 1 aromatic carbocycles. The number of nitrogens with one attached hydrogen (secondary N) is 1. The van der Waals surface area contributed by atoms with Crippen molar-refractivity contribution in [3.8, 4) is 0 Å². The molecule has 1 aliphatic rings. The van der Waals surface area contributed by atoms with E-state index in [1.807, 2.05) is 6.07 Å². The summed E-state index contributed by atoms with van der Waals surface area (Å²) >= 11 is 0.441. The van der Waals surface area contributed by atoms with Gasteiger partial charge in [0.2, 0.25) is 0 Å². The van der Waals surface area contributed by atoms with Crippen LogP contribution in [-0.4, -0.2) is 15.0 Å². The van der Waals surface area contributed by atoms with E-state index >= 15 is 0 Å². The Bertz CT molecular complexity index is 199. The summed E-state index contributed by atoms with van der Waals surface area (Å²) in [5.74, 6) is 0. The van der Waals surface area contributed by atoms with Crippen LogP contribution in [0, 0.1) is 5.44 Å². The Morgan fingerprint density at radius 1 is 1.33 bits per heavy atom. The number of fused-ring (bicyclic) bond motifs is 1. The number of para-hydroxylation sites is 1. The van der Waals surface area contributed by atoms with Gasteiger partial charge in [-0.3, -0.25) is 0 Å². The molecule has 44 valence electrons. The Balaban J connectivity index is 2.54. The molecule has 0 amide bonds. The second-order valence-corrected chi connectivity index (χ2v) is 3.60. The first-order valence-electron chi connectivity index (χ1n) is 2.74. The molecule has 1 nitrogen and oxygen atoms in total. The standard InChI is InChI=1S/C7H5NSe/c1-2-4-7-6(3-1)8-5-9-7/h1-4,8H. The van der Waals surface area contributed by atoms with E-state index in [0.29, 0.717) is 15.0 Å². The summed E-state index contributed by atoms with van der Waals surface area (Å²) in [7, 11) is 0. The SMILES string of the molecule is [C]1Nc2ccccc2[Se]1. The van der Waals surface area contributed by atoms with Gasteiger partial charge in [0.15, 0.2) is 0 Å². The number of rotatable bonds is 0. The molecule has 0 spiro atoms. The molecule has 1 aromatic rings. The maximum absolute atomic E-state index is 3.10. The van der Waals surface area contributed by atoms with Gasteiger partial charge in [-0.25, -0.2) is 0 Å². The molecule has 2 heteroatoms. The predicted octanol–water partition coefficient (Wildman–Crippen LogP) is 0.438. The molecule has 2 radical (unpaired) electrons. The normalized spacial score (nSPS) is 14.7. The van der Waals surface area contributed by atoms with Crippen molar-refractivity contribution < 1.29 is 0 Å². The van der Waals surface area contributed by atoms with Gasteiger partial charge in [0.25, 0.3) is 0 Å². The topological polar surface area (TPSA) is 12.0 Å². The Morgan fingerprint density at radius 2 is 2.22 bits per heavy atom. The fraction of sp³-hybridized carbons (Fsp3) is 0. The molecular formula is C7H5NSe. The summed E-state index contributed by atoms with van der Waals surface area (Å²) in [6.07, 6.45) is 0. The zero-order valence-electron chi connectivity index (χ0n) is 4.72. The third-order valence-corrected chi connectivity index (χ3v) is 2.87. The summed E-state index contributed by atoms with van der Waals surface area (Å²) in [6.45, 7) is 0. The van der Waals surface area contributed by atoms with Gasteiger partial charge in [-0.2, -0.15) is 0 Å². The van der Waals surface area contributed by atoms with Gasteiger partial charge in [-0.1, -0.05) is 0 Å². The van der Waals surface area contributed by atoms with Crippen LogP contribution in [-0.2, 0) is 0 Å². The third-order valence-electron chi connectivity index (χ3n) is 1.23. The minimum atomic E-state index is 0.441. The van der Waals surface area contributed by atoms with Crippen LogP contribution in [0.3, 0.4) is 0 Å². The molecule has 9 heavy (non-hydrogen) atoms. The molecule has 0 saturated heterocycles. The first kappa shape index (κ1) is 5.33. The summed E-state index contributed by atoms with van der Waals surface area (Å²) < 4.78 is 1.41. The molecule has 2 rings (SSSR count). The molecule has 0 aromatic heterocycles. The number of benzene rings is 1. The van der Waals surface area contributed by atoms with Gasteiger partial charge in [0, 0.05) is 0 Å². The molecule has 1 aliphatic heterocycles. The Morgan fingerprint density at radius 3 is 3.11 bits per heavy atom. The van der Waals surface area contributed by atoms with E-state index in [-0.39, 0.29) is 0 Å². The molecule has 0 bridgehead atoms. The van der Waals surface area contributed by atoms with Gasteiger partial charge in [0.05, 0.1) is 0 Å². The fourth-order valence-electron chi connectivity index (χ4n) is 0.794. The van der Waals surface area contributed by atoms with E-state index < -0.39 is 0 Å². The van der Waals surface area contributed by atoms with Crippen molar-refractivity contribution >= 4 is 25.1 Å². The molecular weight excluding hydrogens is 177 g/mol. The Labute approximate surface area is 60.6 Å². The van der Waals surface area contributed by atoms with Gasteiger partial charge in [-0.05, 0) is 0 Å². The first-order chi connectivity index (χ1) is 4.47. The second-order valence-electron chi connectivity index (χ2n) is 1.83. The van der Waals surface area contributed by atoms with Crippen LogP contribution in [0.2, 0.25) is 0 Å². The van der Waals surface area contributed by atoms with Crippen molar-refractivity contribution in [1.82, 2.24) is 0 Å². The van der Waals surface area contributed by atoms with Crippen LogP contribution >= 0.6 is 0 Å². The summed E-state index contributed by atoms with van der Waals surface area (Å²) in [6, 6.07) is 8.32. The van der Waals surface area contributed by atoms with Crippen molar-refractivity contribution in [3.05, 3.63) is 29.7 Å². The summed E-state index contributed by atoms with van der Waals surface area (Å²) in [5.41, 5.74) is 4.33. The molecule has 0 aliphatic carbocycles. The van der Waals surface area contributed by atoms with Crippen molar-refractivity contribution in [2.75, 3.05) is 5.32 Å². The van der Waals surface area contributed by atoms with E-state index in [2.05, 4.69) is 29.0 Å². The van der Waals surface area contributed by atoms with Crippen LogP contribution in [0.1, 0.15) is 0 Å². The van der Waals surface area contributed by atoms with Crippen molar-refractivity contribution in [1.29, 1.82) is 0 Å². The molecule has 1 heterocycles. The number of hydrogen-bond donors (Lipinski definition) is 1. The van der Waals surface area contributed by atoms with Crippen LogP contribution in [0.4, 0.5) is 5.69 Å². The summed E-state index contributed by atoms with van der Waals surface area (Å²) in [4.78, 5) is 0. The summed E-state index contributed by atoms with van der Waals surface area (Å²) in [5, 5.41) is 3.08. The van der Waals surface area contributed by atoms with E-state index in [0.717, 1.165) is 0 Å². The van der Waals surface area contributed by atoms with Gasteiger partial charge < -0.3 is 0 Å². The number of hydrogen-bond acceptors (Lipinski definition) is 1. The van der Waals surface area contributed by atoms with Gasteiger partial charge in [-0.15, -0.1) is 0 Å². The molecule has 0 unspecified atom stereocenters. The Hall–Kier alpha value is -0.461. The average molecular weight is 182 g/mol. The van der Waals surface area contributed by atoms with Crippen molar-refractivity contribution in [3.63, 3.8) is 0 Å². The van der Waals surface area contributed by atoms with Crippen LogP contribution < -0.4 is 9.78 Å². The van der Waals surface area contributed by atoms with Gasteiger partial charge in [0.1, 0.15) is 0 Å². The maximum atomic E-state index is 3.10.